The molecular formula is C12H11F6O2P. The van der Waals surface area contributed by atoms with Crippen LogP contribution in [-0.4, -0.2) is 25.6 Å². The maximum atomic E-state index is 12.1. The van der Waals surface area contributed by atoms with Gasteiger partial charge in [0.25, 0.3) is 0 Å². The fourth-order valence-electron chi connectivity index (χ4n) is 1.19. The largest absolute Gasteiger partial charge is 0.412 e. The Balaban J connectivity index is 2.78. The van der Waals surface area contributed by atoms with Gasteiger partial charge in [0.1, 0.15) is 13.2 Å². The maximum Gasteiger partial charge on any atom is 0.412 e. The van der Waals surface area contributed by atoms with Crippen LogP contribution in [0.5, 0.6) is 0 Å². The van der Waals surface area contributed by atoms with Crippen molar-refractivity contribution in [2.45, 2.75) is 12.4 Å². The average Bonchev–Trinajstić information content (AvgIpc) is 2.36. The maximum absolute atomic E-state index is 12.1. The second-order valence-corrected chi connectivity index (χ2v) is 5.42. The first-order chi connectivity index (χ1) is 9.58. The molecule has 0 saturated carbocycles. The average molecular weight is 332 g/mol. The molecule has 0 aliphatic rings. The van der Waals surface area contributed by atoms with E-state index in [9.17, 15) is 26.3 Å². The first-order valence-electron chi connectivity index (χ1n) is 5.52. The summed E-state index contributed by atoms with van der Waals surface area (Å²) in [6, 6.07) is 7.77. The highest BCUT2D eigenvalue weighted by Crippen LogP contribution is 2.52. The molecule has 0 unspecified atom stereocenters. The summed E-state index contributed by atoms with van der Waals surface area (Å²) < 4.78 is 81.7. The lowest BCUT2D eigenvalue weighted by atomic mass is 10.2. The number of halogens is 6. The quantitative estimate of drug-likeness (QED) is 0.531. The van der Waals surface area contributed by atoms with Crippen LogP contribution >= 0.6 is 8.38 Å². The lowest BCUT2D eigenvalue weighted by Crippen LogP contribution is -2.18. The van der Waals surface area contributed by atoms with Crippen LogP contribution in [0.2, 0.25) is 0 Å². The standard InChI is InChI=1S/C12H11F6O2P/c1-9(10-5-3-2-4-6-10)21(19-7-11(13,14)15)20-8-12(16,17)18/h2-6H,1,7-8H2. The van der Waals surface area contributed by atoms with E-state index >= 15 is 0 Å². The first-order valence-corrected chi connectivity index (χ1v) is 6.70. The van der Waals surface area contributed by atoms with Crippen LogP contribution in [0.15, 0.2) is 36.9 Å². The van der Waals surface area contributed by atoms with Crippen LogP contribution in [-0.2, 0) is 9.05 Å². The Bertz CT molecular complexity index is 439. The molecular weight excluding hydrogens is 321 g/mol. The van der Waals surface area contributed by atoms with E-state index in [-0.39, 0.29) is 5.31 Å². The highest BCUT2D eigenvalue weighted by molar-refractivity contribution is 7.59. The first kappa shape index (κ1) is 17.9. The van der Waals surface area contributed by atoms with Gasteiger partial charge in [0.2, 0.25) is 8.38 Å². The third kappa shape index (κ3) is 7.45. The van der Waals surface area contributed by atoms with E-state index in [1.54, 1.807) is 18.2 Å². The van der Waals surface area contributed by atoms with Crippen molar-refractivity contribution in [3.63, 3.8) is 0 Å². The molecule has 0 bridgehead atoms. The molecule has 0 radical (unpaired) electrons. The molecule has 0 saturated heterocycles. The minimum atomic E-state index is -4.67. The molecule has 0 aliphatic heterocycles. The van der Waals surface area contributed by atoms with Crippen molar-refractivity contribution in [3.8, 4) is 0 Å². The predicted molar refractivity (Wildman–Crippen MR) is 66.4 cm³/mol. The Morgan fingerprint density at radius 3 is 1.71 bits per heavy atom. The SMILES string of the molecule is C=C(c1ccccc1)P(OCC(F)(F)F)OCC(F)(F)F. The van der Waals surface area contributed by atoms with Crippen molar-refractivity contribution in [2.75, 3.05) is 13.2 Å². The molecule has 1 aromatic rings. The van der Waals surface area contributed by atoms with E-state index in [4.69, 9.17) is 0 Å². The van der Waals surface area contributed by atoms with Gasteiger partial charge in [-0.25, -0.2) is 0 Å². The molecule has 118 valence electrons. The van der Waals surface area contributed by atoms with Gasteiger partial charge in [-0.15, -0.1) is 0 Å². The highest BCUT2D eigenvalue weighted by Gasteiger charge is 2.34. The molecule has 0 atom stereocenters. The van der Waals surface area contributed by atoms with Gasteiger partial charge in [-0.1, -0.05) is 36.9 Å². The second kappa shape index (κ2) is 7.24. The van der Waals surface area contributed by atoms with Gasteiger partial charge in [-0.2, -0.15) is 26.3 Å². The molecule has 0 spiro atoms. The number of benzene rings is 1. The predicted octanol–water partition coefficient (Wildman–Crippen LogP) is 5.13. The van der Waals surface area contributed by atoms with Crippen molar-refractivity contribution in [1.29, 1.82) is 0 Å². The van der Waals surface area contributed by atoms with Crippen molar-refractivity contribution in [3.05, 3.63) is 42.5 Å². The van der Waals surface area contributed by atoms with E-state index in [0.29, 0.717) is 5.56 Å². The Labute approximate surface area is 118 Å². The van der Waals surface area contributed by atoms with Crippen molar-refractivity contribution >= 4 is 13.7 Å². The van der Waals surface area contributed by atoms with Crippen molar-refractivity contribution < 1.29 is 35.4 Å². The molecule has 0 fully saturated rings. The summed E-state index contributed by atoms with van der Waals surface area (Å²) in [6.45, 7) is 0.0589. The van der Waals surface area contributed by atoms with Crippen LogP contribution in [0.3, 0.4) is 0 Å². The molecule has 0 heterocycles. The van der Waals surface area contributed by atoms with Crippen LogP contribution < -0.4 is 0 Å². The van der Waals surface area contributed by atoms with Gasteiger partial charge in [0.05, 0.1) is 0 Å². The van der Waals surface area contributed by atoms with Crippen LogP contribution in [0.1, 0.15) is 5.56 Å². The lowest BCUT2D eigenvalue weighted by molar-refractivity contribution is -0.161. The molecule has 1 aromatic carbocycles. The summed E-state index contributed by atoms with van der Waals surface area (Å²) in [5, 5.41) is -0.0564. The van der Waals surface area contributed by atoms with Crippen LogP contribution in [0.25, 0.3) is 5.31 Å². The zero-order chi connectivity index (χ0) is 16.1. The zero-order valence-corrected chi connectivity index (χ0v) is 11.4. The molecule has 2 nitrogen and oxygen atoms in total. The van der Waals surface area contributed by atoms with Gasteiger partial charge >= 0.3 is 12.4 Å². The molecule has 0 N–H and O–H groups in total. The Kier molecular flexibility index (Phi) is 6.19. The van der Waals surface area contributed by atoms with E-state index in [1.807, 2.05) is 0 Å². The van der Waals surface area contributed by atoms with E-state index < -0.39 is 33.9 Å². The van der Waals surface area contributed by atoms with Crippen molar-refractivity contribution in [1.82, 2.24) is 0 Å². The van der Waals surface area contributed by atoms with Gasteiger partial charge in [0, 0.05) is 5.31 Å². The number of rotatable bonds is 6. The van der Waals surface area contributed by atoms with E-state index in [0.717, 1.165) is 0 Å². The Morgan fingerprint density at radius 2 is 1.33 bits per heavy atom. The topological polar surface area (TPSA) is 18.5 Å². The van der Waals surface area contributed by atoms with Gasteiger partial charge in [0.15, 0.2) is 0 Å². The minimum Gasteiger partial charge on any atom is -0.321 e. The summed E-state index contributed by atoms with van der Waals surface area (Å²) >= 11 is 0. The Morgan fingerprint density at radius 1 is 0.905 bits per heavy atom. The number of hydrogen-bond acceptors (Lipinski definition) is 2. The summed E-state index contributed by atoms with van der Waals surface area (Å²) in [7, 11) is -2.56. The summed E-state index contributed by atoms with van der Waals surface area (Å²) in [6.07, 6.45) is -9.34. The number of alkyl halides is 6. The summed E-state index contributed by atoms with van der Waals surface area (Å²) in [5.74, 6) is 0. The molecule has 0 aromatic heterocycles. The molecule has 21 heavy (non-hydrogen) atoms. The zero-order valence-electron chi connectivity index (χ0n) is 10.5. The second-order valence-electron chi connectivity index (χ2n) is 3.85. The van der Waals surface area contributed by atoms with Gasteiger partial charge < -0.3 is 9.05 Å². The molecule has 0 aliphatic carbocycles. The normalized spacial score (nSPS) is 12.7. The Hall–Kier alpha value is -1.11. The molecule has 0 amide bonds. The van der Waals surface area contributed by atoms with Gasteiger partial charge in [-0.05, 0) is 5.56 Å². The fourth-order valence-corrected chi connectivity index (χ4v) is 2.47. The lowest BCUT2D eigenvalue weighted by Gasteiger charge is -2.21. The summed E-state index contributed by atoms with van der Waals surface area (Å²) in [4.78, 5) is 0. The monoisotopic (exact) mass is 332 g/mol. The minimum absolute atomic E-state index is 0.0564. The van der Waals surface area contributed by atoms with E-state index in [2.05, 4.69) is 15.6 Å². The fraction of sp³-hybridized carbons (Fsp3) is 0.333. The third-order valence-electron chi connectivity index (χ3n) is 2.02. The molecule has 9 heteroatoms. The van der Waals surface area contributed by atoms with Gasteiger partial charge in [-0.3, -0.25) is 0 Å². The summed E-state index contributed by atoms with van der Waals surface area (Å²) in [5.41, 5.74) is 0.355. The smallest absolute Gasteiger partial charge is 0.321 e. The van der Waals surface area contributed by atoms with Crippen LogP contribution in [0.4, 0.5) is 26.3 Å². The van der Waals surface area contributed by atoms with Crippen LogP contribution in [0, 0.1) is 0 Å². The third-order valence-corrected chi connectivity index (χ3v) is 3.44. The van der Waals surface area contributed by atoms with E-state index in [1.165, 1.54) is 12.1 Å². The number of hydrogen-bond donors (Lipinski definition) is 0. The van der Waals surface area contributed by atoms with Crippen molar-refractivity contribution in [2.24, 2.45) is 0 Å². The highest BCUT2D eigenvalue weighted by atomic mass is 31.2. The molecule has 1 rings (SSSR count).